The average Bonchev–Trinajstić information content (AvgIpc) is 2.78. The standard InChI is InChI=1S/C15H21N3OS/c1-11(2)8-16-14(19)9-18(3)10-15-17-12-6-4-5-7-13(12)20-15/h4-7,11H,8-10H2,1-3H3,(H,16,19)/p+1. The number of nitrogens with one attached hydrogen (secondary N) is 2. The van der Waals surface area contributed by atoms with Crippen molar-refractivity contribution >= 4 is 27.5 Å². The summed E-state index contributed by atoms with van der Waals surface area (Å²) in [6.07, 6.45) is 0. The van der Waals surface area contributed by atoms with Crippen LogP contribution in [0, 0.1) is 5.92 Å². The molecule has 0 aliphatic rings. The smallest absolute Gasteiger partial charge is 0.275 e. The summed E-state index contributed by atoms with van der Waals surface area (Å²) in [7, 11) is 2.03. The molecule has 1 atom stereocenters. The van der Waals surface area contributed by atoms with Gasteiger partial charge in [0.1, 0.15) is 11.6 Å². The van der Waals surface area contributed by atoms with Gasteiger partial charge in [-0.05, 0) is 18.1 Å². The maximum atomic E-state index is 11.8. The Bertz CT molecular complexity index is 546. The molecule has 0 bridgehead atoms. The number of para-hydroxylation sites is 1. The highest BCUT2D eigenvalue weighted by atomic mass is 32.1. The second-order valence-electron chi connectivity index (χ2n) is 5.58. The molecule has 5 heteroatoms. The van der Waals surface area contributed by atoms with Crippen LogP contribution in [0.1, 0.15) is 18.9 Å². The van der Waals surface area contributed by atoms with Crippen molar-refractivity contribution in [2.24, 2.45) is 5.92 Å². The number of hydrogen-bond donors (Lipinski definition) is 2. The molecule has 1 unspecified atom stereocenters. The van der Waals surface area contributed by atoms with E-state index in [2.05, 4.69) is 30.2 Å². The zero-order chi connectivity index (χ0) is 14.5. The first kappa shape index (κ1) is 14.9. The summed E-state index contributed by atoms with van der Waals surface area (Å²) in [5, 5.41) is 4.03. The number of nitrogens with zero attached hydrogens (tertiary/aromatic N) is 1. The number of quaternary nitrogens is 1. The van der Waals surface area contributed by atoms with Crippen LogP contribution in [-0.2, 0) is 11.3 Å². The van der Waals surface area contributed by atoms with Gasteiger partial charge in [-0.3, -0.25) is 4.79 Å². The van der Waals surface area contributed by atoms with Crippen molar-refractivity contribution in [3.8, 4) is 0 Å². The normalized spacial score (nSPS) is 12.8. The van der Waals surface area contributed by atoms with Gasteiger partial charge in [-0.2, -0.15) is 0 Å². The third-order valence-electron chi connectivity index (χ3n) is 2.96. The van der Waals surface area contributed by atoms with Gasteiger partial charge in [0.05, 0.1) is 17.3 Å². The summed E-state index contributed by atoms with van der Waals surface area (Å²) >= 11 is 1.71. The molecule has 0 aliphatic carbocycles. The molecule has 0 saturated heterocycles. The van der Waals surface area contributed by atoms with Crippen LogP contribution in [0.25, 0.3) is 10.2 Å². The van der Waals surface area contributed by atoms with Crippen molar-refractivity contribution in [3.63, 3.8) is 0 Å². The lowest BCUT2D eigenvalue weighted by molar-refractivity contribution is -0.885. The Hall–Kier alpha value is -1.46. The minimum absolute atomic E-state index is 0.109. The Balaban J connectivity index is 1.87. The number of carbonyl (C=O) groups is 1. The van der Waals surface area contributed by atoms with Gasteiger partial charge in [-0.15, -0.1) is 11.3 Å². The Labute approximate surface area is 123 Å². The summed E-state index contributed by atoms with van der Waals surface area (Å²) in [6.45, 7) is 6.21. The molecular weight excluding hydrogens is 270 g/mol. The van der Waals surface area contributed by atoms with Crippen LogP contribution in [0.2, 0.25) is 0 Å². The minimum Gasteiger partial charge on any atom is -0.351 e. The highest BCUT2D eigenvalue weighted by Crippen LogP contribution is 2.20. The fraction of sp³-hybridized carbons (Fsp3) is 0.467. The number of rotatable bonds is 6. The van der Waals surface area contributed by atoms with Crippen molar-refractivity contribution in [3.05, 3.63) is 29.3 Å². The van der Waals surface area contributed by atoms with E-state index in [-0.39, 0.29) is 5.91 Å². The van der Waals surface area contributed by atoms with Crippen molar-refractivity contribution in [2.45, 2.75) is 20.4 Å². The summed E-state index contributed by atoms with van der Waals surface area (Å²) < 4.78 is 1.21. The van der Waals surface area contributed by atoms with Gasteiger partial charge in [0, 0.05) is 6.54 Å². The van der Waals surface area contributed by atoms with Crippen LogP contribution in [0.15, 0.2) is 24.3 Å². The molecule has 1 heterocycles. The van der Waals surface area contributed by atoms with E-state index in [0.29, 0.717) is 12.5 Å². The van der Waals surface area contributed by atoms with E-state index >= 15 is 0 Å². The molecule has 4 nitrogen and oxygen atoms in total. The van der Waals surface area contributed by atoms with Crippen LogP contribution in [0.3, 0.4) is 0 Å². The van der Waals surface area contributed by atoms with Gasteiger partial charge in [0.15, 0.2) is 6.54 Å². The predicted octanol–water partition coefficient (Wildman–Crippen LogP) is 1.08. The first-order chi connectivity index (χ1) is 9.54. The maximum absolute atomic E-state index is 11.8. The number of carbonyl (C=O) groups excluding carboxylic acids is 1. The van der Waals surface area contributed by atoms with E-state index < -0.39 is 0 Å². The SMILES string of the molecule is CC(C)CNC(=O)C[NH+](C)Cc1nc2ccccc2s1. The highest BCUT2D eigenvalue weighted by Gasteiger charge is 2.13. The molecule has 0 saturated carbocycles. The van der Waals surface area contributed by atoms with Crippen molar-refractivity contribution < 1.29 is 9.69 Å². The van der Waals surface area contributed by atoms with Crippen LogP contribution in [0.5, 0.6) is 0 Å². The third-order valence-corrected chi connectivity index (χ3v) is 4.00. The zero-order valence-electron chi connectivity index (χ0n) is 12.3. The quantitative estimate of drug-likeness (QED) is 0.837. The summed E-state index contributed by atoms with van der Waals surface area (Å²) in [5.41, 5.74) is 1.05. The number of fused-ring (bicyclic) bond motifs is 1. The maximum Gasteiger partial charge on any atom is 0.275 e. The van der Waals surface area contributed by atoms with Crippen molar-refractivity contribution in [1.29, 1.82) is 0 Å². The Kier molecular flexibility index (Phi) is 5.09. The lowest BCUT2D eigenvalue weighted by Gasteiger charge is -2.13. The van der Waals surface area contributed by atoms with Gasteiger partial charge in [0.25, 0.3) is 5.91 Å². The lowest BCUT2D eigenvalue weighted by Crippen LogP contribution is -3.08. The largest absolute Gasteiger partial charge is 0.351 e. The van der Waals surface area contributed by atoms with E-state index in [9.17, 15) is 4.79 Å². The second-order valence-corrected chi connectivity index (χ2v) is 6.70. The van der Waals surface area contributed by atoms with Gasteiger partial charge in [-0.1, -0.05) is 26.0 Å². The summed E-state index contributed by atoms with van der Waals surface area (Å²) in [6, 6.07) is 8.14. The first-order valence-corrected chi connectivity index (χ1v) is 7.78. The third kappa shape index (κ3) is 4.28. The molecule has 2 rings (SSSR count). The molecular formula is C15H22N3OS+. The van der Waals surface area contributed by atoms with Crippen molar-refractivity contribution in [2.75, 3.05) is 20.1 Å². The van der Waals surface area contributed by atoms with Gasteiger partial charge in [0.2, 0.25) is 0 Å². The van der Waals surface area contributed by atoms with Crippen molar-refractivity contribution in [1.82, 2.24) is 10.3 Å². The fourth-order valence-corrected chi connectivity index (χ4v) is 3.05. The molecule has 108 valence electrons. The number of likely N-dealkylation sites (N-methyl/N-ethyl adjacent to an activating group) is 1. The Morgan fingerprint density at radius 1 is 1.40 bits per heavy atom. The molecule has 1 aromatic heterocycles. The van der Waals surface area contributed by atoms with Crippen LogP contribution >= 0.6 is 11.3 Å². The van der Waals surface area contributed by atoms with Gasteiger partial charge >= 0.3 is 0 Å². The number of thiazole rings is 1. The highest BCUT2D eigenvalue weighted by molar-refractivity contribution is 7.18. The lowest BCUT2D eigenvalue weighted by atomic mass is 10.2. The molecule has 0 aliphatic heterocycles. The predicted molar refractivity (Wildman–Crippen MR) is 82.9 cm³/mol. The summed E-state index contributed by atoms with van der Waals surface area (Å²) in [4.78, 5) is 17.5. The average molecular weight is 292 g/mol. The van der Waals surface area contributed by atoms with E-state index in [4.69, 9.17) is 0 Å². The van der Waals surface area contributed by atoms with E-state index in [0.717, 1.165) is 28.5 Å². The Morgan fingerprint density at radius 3 is 2.85 bits per heavy atom. The fourth-order valence-electron chi connectivity index (χ4n) is 1.97. The van der Waals surface area contributed by atoms with Crippen LogP contribution in [-0.4, -0.2) is 31.0 Å². The number of aromatic nitrogens is 1. The zero-order valence-corrected chi connectivity index (χ0v) is 13.1. The van der Waals surface area contributed by atoms with Crippen LogP contribution < -0.4 is 10.2 Å². The topological polar surface area (TPSA) is 46.4 Å². The Morgan fingerprint density at radius 2 is 2.15 bits per heavy atom. The van der Waals surface area contributed by atoms with Gasteiger partial charge < -0.3 is 10.2 Å². The number of benzene rings is 1. The first-order valence-electron chi connectivity index (χ1n) is 6.97. The minimum atomic E-state index is 0.109. The van der Waals surface area contributed by atoms with E-state index in [1.165, 1.54) is 4.70 Å². The molecule has 0 radical (unpaired) electrons. The summed E-state index contributed by atoms with van der Waals surface area (Å²) in [5.74, 6) is 0.598. The molecule has 0 spiro atoms. The molecule has 0 fully saturated rings. The molecule has 1 amide bonds. The van der Waals surface area contributed by atoms with Gasteiger partial charge in [-0.25, -0.2) is 4.98 Å². The monoisotopic (exact) mass is 292 g/mol. The number of amides is 1. The second kappa shape index (κ2) is 6.81. The van der Waals surface area contributed by atoms with E-state index in [1.54, 1.807) is 11.3 Å². The number of hydrogen-bond acceptors (Lipinski definition) is 3. The van der Waals surface area contributed by atoms with Crippen LogP contribution in [0.4, 0.5) is 0 Å². The molecule has 2 aromatic rings. The molecule has 20 heavy (non-hydrogen) atoms. The molecule has 2 N–H and O–H groups in total. The molecule has 1 aromatic carbocycles. The van der Waals surface area contributed by atoms with E-state index in [1.807, 2.05) is 25.2 Å².